The standard InChI is InChI=1S/C13H13F3N2O/c1-18-7-8(6-17-18)2-5-11(19)9-3-4-10(14)13(16)12(9)15/h3-4,6-7,11,19H,2,5H2,1H3. The second-order valence-electron chi connectivity index (χ2n) is 4.34. The minimum absolute atomic E-state index is 0.202. The van der Waals surface area contributed by atoms with Gasteiger partial charge in [0, 0.05) is 18.8 Å². The van der Waals surface area contributed by atoms with Crippen LogP contribution in [0.5, 0.6) is 0 Å². The molecule has 1 heterocycles. The van der Waals surface area contributed by atoms with E-state index in [9.17, 15) is 18.3 Å². The monoisotopic (exact) mass is 270 g/mol. The minimum atomic E-state index is -1.56. The van der Waals surface area contributed by atoms with Crippen molar-refractivity contribution in [2.45, 2.75) is 18.9 Å². The molecular weight excluding hydrogens is 257 g/mol. The molecule has 0 fully saturated rings. The molecular formula is C13H13F3N2O. The quantitative estimate of drug-likeness (QED) is 0.867. The second kappa shape index (κ2) is 5.44. The largest absolute Gasteiger partial charge is 0.388 e. The van der Waals surface area contributed by atoms with Gasteiger partial charge in [0.05, 0.1) is 12.3 Å². The van der Waals surface area contributed by atoms with Gasteiger partial charge in [-0.1, -0.05) is 6.07 Å². The summed E-state index contributed by atoms with van der Waals surface area (Å²) in [7, 11) is 1.76. The number of halogens is 3. The van der Waals surface area contributed by atoms with Crippen LogP contribution < -0.4 is 0 Å². The maximum atomic E-state index is 13.5. The molecule has 3 nitrogen and oxygen atoms in total. The predicted molar refractivity (Wildman–Crippen MR) is 62.8 cm³/mol. The average Bonchev–Trinajstić information content (AvgIpc) is 2.79. The SMILES string of the molecule is Cn1cc(CCC(O)c2ccc(F)c(F)c2F)cn1. The lowest BCUT2D eigenvalue weighted by atomic mass is 10.0. The first-order chi connectivity index (χ1) is 8.99. The zero-order valence-corrected chi connectivity index (χ0v) is 10.3. The van der Waals surface area contributed by atoms with Gasteiger partial charge in [-0.05, 0) is 24.5 Å². The van der Waals surface area contributed by atoms with Crippen LogP contribution in [0, 0.1) is 17.5 Å². The Morgan fingerprint density at radius 1 is 1.26 bits per heavy atom. The lowest BCUT2D eigenvalue weighted by molar-refractivity contribution is 0.161. The smallest absolute Gasteiger partial charge is 0.194 e. The molecule has 102 valence electrons. The van der Waals surface area contributed by atoms with E-state index in [4.69, 9.17) is 0 Å². The third-order valence-electron chi connectivity index (χ3n) is 2.89. The van der Waals surface area contributed by atoms with Gasteiger partial charge in [0.25, 0.3) is 0 Å². The van der Waals surface area contributed by atoms with E-state index in [1.165, 1.54) is 0 Å². The van der Waals surface area contributed by atoms with Crippen LogP contribution in [-0.2, 0) is 13.5 Å². The summed E-state index contributed by atoms with van der Waals surface area (Å²) in [5.74, 6) is -4.16. The van der Waals surface area contributed by atoms with Crippen LogP contribution in [0.2, 0.25) is 0 Å². The van der Waals surface area contributed by atoms with Crippen molar-refractivity contribution in [1.29, 1.82) is 0 Å². The first kappa shape index (κ1) is 13.6. The van der Waals surface area contributed by atoms with Gasteiger partial charge in [0.1, 0.15) is 0 Å². The number of aliphatic hydroxyl groups is 1. The molecule has 2 aromatic rings. The van der Waals surface area contributed by atoms with Gasteiger partial charge < -0.3 is 5.11 Å². The van der Waals surface area contributed by atoms with E-state index in [-0.39, 0.29) is 12.0 Å². The zero-order valence-electron chi connectivity index (χ0n) is 10.3. The lowest BCUT2D eigenvalue weighted by Gasteiger charge is -2.11. The van der Waals surface area contributed by atoms with E-state index in [1.54, 1.807) is 24.1 Å². The Labute approximate surface area is 108 Å². The Bertz CT molecular complexity index is 583. The topological polar surface area (TPSA) is 38.0 Å². The van der Waals surface area contributed by atoms with Crippen LogP contribution in [0.4, 0.5) is 13.2 Å². The molecule has 0 saturated carbocycles. The number of aryl methyl sites for hydroxylation is 2. The van der Waals surface area contributed by atoms with E-state index in [0.717, 1.165) is 17.7 Å². The molecule has 0 bridgehead atoms. The minimum Gasteiger partial charge on any atom is -0.388 e. The van der Waals surface area contributed by atoms with Crippen LogP contribution >= 0.6 is 0 Å². The molecule has 1 aromatic carbocycles. The molecule has 1 N–H and O–H groups in total. The highest BCUT2D eigenvalue weighted by Crippen LogP contribution is 2.24. The highest BCUT2D eigenvalue weighted by molar-refractivity contribution is 5.22. The molecule has 0 spiro atoms. The molecule has 0 aliphatic rings. The highest BCUT2D eigenvalue weighted by Gasteiger charge is 2.19. The van der Waals surface area contributed by atoms with Crippen molar-refractivity contribution in [3.05, 3.63) is 53.1 Å². The Hall–Kier alpha value is -1.82. The Morgan fingerprint density at radius 2 is 2.00 bits per heavy atom. The van der Waals surface area contributed by atoms with Crippen LogP contribution in [-0.4, -0.2) is 14.9 Å². The van der Waals surface area contributed by atoms with Gasteiger partial charge in [0.2, 0.25) is 0 Å². The predicted octanol–water partition coefficient (Wildman–Crippen LogP) is 2.50. The summed E-state index contributed by atoms with van der Waals surface area (Å²) in [6, 6.07) is 1.86. The van der Waals surface area contributed by atoms with Crippen molar-refractivity contribution >= 4 is 0 Å². The van der Waals surface area contributed by atoms with Gasteiger partial charge in [-0.25, -0.2) is 13.2 Å². The van der Waals surface area contributed by atoms with Gasteiger partial charge >= 0.3 is 0 Å². The fourth-order valence-corrected chi connectivity index (χ4v) is 1.86. The fourth-order valence-electron chi connectivity index (χ4n) is 1.86. The summed E-state index contributed by atoms with van der Waals surface area (Å²) in [6.07, 6.45) is 2.89. The maximum absolute atomic E-state index is 13.5. The maximum Gasteiger partial charge on any atom is 0.194 e. The van der Waals surface area contributed by atoms with Crippen molar-refractivity contribution in [3.63, 3.8) is 0 Å². The van der Waals surface area contributed by atoms with Crippen molar-refractivity contribution in [2.24, 2.45) is 7.05 Å². The third kappa shape index (κ3) is 2.96. The molecule has 0 amide bonds. The highest BCUT2D eigenvalue weighted by atomic mass is 19.2. The first-order valence-electron chi connectivity index (χ1n) is 5.78. The second-order valence-corrected chi connectivity index (χ2v) is 4.34. The summed E-state index contributed by atoms with van der Waals surface area (Å²) in [5.41, 5.74) is 0.646. The van der Waals surface area contributed by atoms with Gasteiger partial charge in [-0.2, -0.15) is 5.10 Å². The molecule has 0 radical (unpaired) electrons. The van der Waals surface area contributed by atoms with Gasteiger partial charge in [-0.3, -0.25) is 4.68 Å². The van der Waals surface area contributed by atoms with Crippen LogP contribution in [0.25, 0.3) is 0 Å². The third-order valence-corrected chi connectivity index (χ3v) is 2.89. The summed E-state index contributed by atoms with van der Waals surface area (Å²) < 4.78 is 40.9. The van der Waals surface area contributed by atoms with Gasteiger partial charge in [-0.15, -0.1) is 0 Å². The first-order valence-corrected chi connectivity index (χ1v) is 5.78. The normalized spacial score (nSPS) is 12.7. The molecule has 1 atom stereocenters. The Balaban J connectivity index is 2.08. The molecule has 2 rings (SSSR count). The lowest BCUT2D eigenvalue weighted by Crippen LogP contribution is -2.05. The van der Waals surface area contributed by atoms with Crippen LogP contribution in [0.15, 0.2) is 24.5 Å². The number of rotatable bonds is 4. The number of nitrogens with zero attached hydrogens (tertiary/aromatic N) is 2. The number of aromatic nitrogens is 2. The van der Waals surface area contributed by atoms with Gasteiger partial charge in [0.15, 0.2) is 17.5 Å². The molecule has 0 aliphatic carbocycles. The Kier molecular flexibility index (Phi) is 3.90. The summed E-state index contributed by atoms with van der Waals surface area (Å²) in [5, 5.41) is 13.8. The summed E-state index contributed by atoms with van der Waals surface area (Å²) in [6.45, 7) is 0. The molecule has 1 unspecified atom stereocenters. The van der Waals surface area contributed by atoms with E-state index in [0.29, 0.717) is 6.42 Å². The van der Waals surface area contributed by atoms with Crippen molar-refractivity contribution < 1.29 is 18.3 Å². The van der Waals surface area contributed by atoms with E-state index >= 15 is 0 Å². The molecule has 1 aromatic heterocycles. The van der Waals surface area contributed by atoms with Crippen molar-refractivity contribution in [3.8, 4) is 0 Å². The van der Waals surface area contributed by atoms with E-state index < -0.39 is 23.6 Å². The van der Waals surface area contributed by atoms with E-state index in [2.05, 4.69) is 5.10 Å². The summed E-state index contributed by atoms with van der Waals surface area (Å²) in [4.78, 5) is 0. The number of benzene rings is 1. The molecule has 0 aliphatic heterocycles. The Morgan fingerprint density at radius 3 is 2.63 bits per heavy atom. The van der Waals surface area contributed by atoms with Crippen LogP contribution in [0.1, 0.15) is 23.7 Å². The van der Waals surface area contributed by atoms with E-state index in [1.807, 2.05) is 0 Å². The number of hydrogen-bond acceptors (Lipinski definition) is 2. The molecule has 19 heavy (non-hydrogen) atoms. The van der Waals surface area contributed by atoms with Crippen molar-refractivity contribution in [2.75, 3.05) is 0 Å². The fraction of sp³-hybridized carbons (Fsp3) is 0.308. The number of hydrogen-bond donors (Lipinski definition) is 1. The average molecular weight is 270 g/mol. The molecule has 6 heteroatoms. The van der Waals surface area contributed by atoms with Crippen molar-refractivity contribution in [1.82, 2.24) is 9.78 Å². The zero-order chi connectivity index (χ0) is 14.0. The number of aliphatic hydroxyl groups excluding tert-OH is 1. The summed E-state index contributed by atoms with van der Waals surface area (Å²) >= 11 is 0. The van der Waals surface area contributed by atoms with Crippen LogP contribution in [0.3, 0.4) is 0 Å². The molecule has 0 saturated heterocycles.